The molecule has 0 saturated carbocycles. The van der Waals surface area contributed by atoms with Gasteiger partial charge in [-0.15, -0.1) is 0 Å². The van der Waals surface area contributed by atoms with Crippen LogP contribution in [0.15, 0.2) is 48.8 Å². The molecule has 88 valence electrons. The van der Waals surface area contributed by atoms with Crippen LogP contribution >= 0.6 is 11.6 Å². The fourth-order valence-electron chi connectivity index (χ4n) is 1.99. The van der Waals surface area contributed by atoms with Crippen molar-refractivity contribution in [3.8, 4) is 11.1 Å². The summed E-state index contributed by atoms with van der Waals surface area (Å²) in [4.78, 5) is 8.48. The second-order valence-corrected chi connectivity index (χ2v) is 4.40. The normalized spacial score (nSPS) is 10.7. The van der Waals surface area contributed by atoms with Crippen LogP contribution in [0, 0.1) is 0 Å². The SMILES string of the molecule is Nc1ncc(Cl)cc1-c1cccc2cccnc12. The molecule has 0 amide bonds. The smallest absolute Gasteiger partial charge is 0.131 e. The van der Waals surface area contributed by atoms with E-state index in [2.05, 4.69) is 9.97 Å². The van der Waals surface area contributed by atoms with Gasteiger partial charge < -0.3 is 5.73 Å². The minimum absolute atomic E-state index is 0.456. The average Bonchev–Trinajstić information content (AvgIpc) is 2.41. The quantitative estimate of drug-likeness (QED) is 0.724. The van der Waals surface area contributed by atoms with Gasteiger partial charge in [0.2, 0.25) is 0 Å². The number of halogens is 1. The Balaban J connectivity index is 2.35. The number of benzene rings is 1. The van der Waals surface area contributed by atoms with Gasteiger partial charge in [0.1, 0.15) is 5.82 Å². The van der Waals surface area contributed by atoms with E-state index in [-0.39, 0.29) is 0 Å². The molecule has 0 aliphatic rings. The van der Waals surface area contributed by atoms with Crippen molar-refractivity contribution in [1.29, 1.82) is 0 Å². The highest BCUT2D eigenvalue weighted by molar-refractivity contribution is 6.30. The average molecular weight is 256 g/mol. The van der Waals surface area contributed by atoms with Crippen LogP contribution in [0.25, 0.3) is 22.0 Å². The molecule has 1 aromatic carbocycles. The molecule has 3 nitrogen and oxygen atoms in total. The topological polar surface area (TPSA) is 51.8 Å². The maximum atomic E-state index is 5.98. The summed E-state index contributed by atoms with van der Waals surface area (Å²) in [6.45, 7) is 0. The van der Waals surface area contributed by atoms with Gasteiger partial charge in [0.05, 0.1) is 10.5 Å². The first-order chi connectivity index (χ1) is 8.75. The molecule has 2 N–H and O–H groups in total. The predicted molar refractivity (Wildman–Crippen MR) is 74.4 cm³/mol. The molecule has 2 aromatic heterocycles. The van der Waals surface area contributed by atoms with Gasteiger partial charge in [-0.2, -0.15) is 0 Å². The number of hydrogen-bond donors (Lipinski definition) is 1. The molecule has 0 bridgehead atoms. The molecule has 0 atom stereocenters. The molecule has 3 aromatic rings. The van der Waals surface area contributed by atoms with E-state index in [1.165, 1.54) is 0 Å². The molecule has 0 aliphatic heterocycles. The zero-order valence-corrected chi connectivity index (χ0v) is 10.2. The van der Waals surface area contributed by atoms with Crippen LogP contribution in [0.4, 0.5) is 5.82 Å². The Morgan fingerprint density at radius 2 is 1.83 bits per heavy atom. The first-order valence-corrected chi connectivity index (χ1v) is 5.88. The number of aromatic nitrogens is 2. The number of nitrogen functional groups attached to an aromatic ring is 1. The van der Waals surface area contributed by atoms with Crippen molar-refractivity contribution in [2.24, 2.45) is 0 Å². The third kappa shape index (κ3) is 1.79. The monoisotopic (exact) mass is 255 g/mol. The lowest BCUT2D eigenvalue weighted by Crippen LogP contribution is -1.94. The highest BCUT2D eigenvalue weighted by atomic mass is 35.5. The number of nitrogens with zero attached hydrogens (tertiary/aromatic N) is 2. The zero-order valence-electron chi connectivity index (χ0n) is 9.47. The Morgan fingerprint density at radius 1 is 1.00 bits per heavy atom. The Morgan fingerprint density at radius 3 is 2.72 bits per heavy atom. The van der Waals surface area contributed by atoms with E-state index in [1.807, 2.05) is 36.4 Å². The van der Waals surface area contributed by atoms with E-state index in [1.54, 1.807) is 12.4 Å². The van der Waals surface area contributed by atoms with Crippen molar-refractivity contribution in [3.63, 3.8) is 0 Å². The Hall–Kier alpha value is -2.13. The van der Waals surface area contributed by atoms with E-state index in [9.17, 15) is 0 Å². The van der Waals surface area contributed by atoms with Gasteiger partial charge in [0.25, 0.3) is 0 Å². The summed E-state index contributed by atoms with van der Waals surface area (Å²) in [5.74, 6) is 0.456. The van der Waals surface area contributed by atoms with Gasteiger partial charge in [-0.05, 0) is 12.1 Å². The maximum absolute atomic E-state index is 5.98. The number of rotatable bonds is 1. The van der Waals surface area contributed by atoms with Crippen molar-refractivity contribution in [2.45, 2.75) is 0 Å². The molecule has 0 unspecified atom stereocenters. The van der Waals surface area contributed by atoms with Crippen molar-refractivity contribution < 1.29 is 0 Å². The van der Waals surface area contributed by atoms with Crippen molar-refractivity contribution in [3.05, 3.63) is 53.8 Å². The first kappa shape index (κ1) is 11.0. The van der Waals surface area contributed by atoms with Gasteiger partial charge >= 0.3 is 0 Å². The van der Waals surface area contributed by atoms with E-state index in [0.717, 1.165) is 22.0 Å². The van der Waals surface area contributed by atoms with Gasteiger partial charge in [0.15, 0.2) is 0 Å². The lowest BCUT2D eigenvalue weighted by Gasteiger charge is -2.08. The Kier molecular flexibility index (Phi) is 2.61. The third-order valence-corrected chi connectivity index (χ3v) is 3.01. The van der Waals surface area contributed by atoms with Crippen LogP contribution in [0.1, 0.15) is 0 Å². The molecule has 3 rings (SSSR count). The lowest BCUT2D eigenvalue weighted by molar-refractivity contribution is 1.33. The number of anilines is 1. The van der Waals surface area contributed by atoms with Crippen molar-refractivity contribution in [1.82, 2.24) is 9.97 Å². The molecule has 18 heavy (non-hydrogen) atoms. The van der Waals surface area contributed by atoms with Crippen molar-refractivity contribution >= 4 is 28.3 Å². The number of pyridine rings is 2. The van der Waals surface area contributed by atoms with Gasteiger partial charge in [-0.3, -0.25) is 4.98 Å². The minimum atomic E-state index is 0.456. The lowest BCUT2D eigenvalue weighted by atomic mass is 10.0. The molecule has 0 aliphatic carbocycles. The number of fused-ring (bicyclic) bond motifs is 1. The van der Waals surface area contributed by atoms with Crippen LogP contribution in [0.5, 0.6) is 0 Å². The van der Waals surface area contributed by atoms with E-state index in [0.29, 0.717) is 10.8 Å². The van der Waals surface area contributed by atoms with E-state index < -0.39 is 0 Å². The summed E-state index contributed by atoms with van der Waals surface area (Å²) >= 11 is 5.98. The third-order valence-electron chi connectivity index (χ3n) is 2.81. The molecular weight excluding hydrogens is 246 g/mol. The second-order valence-electron chi connectivity index (χ2n) is 3.97. The molecule has 4 heteroatoms. The summed E-state index contributed by atoms with van der Waals surface area (Å²) in [6, 6.07) is 11.7. The van der Waals surface area contributed by atoms with Crippen molar-refractivity contribution in [2.75, 3.05) is 5.73 Å². The van der Waals surface area contributed by atoms with E-state index >= 15 is 0 Å². The first-order valence-electron chi connectivity index (χ1n) is 5.51. The summed E-state index contributed by atoms with van der Waals surface area (Å²) in [5.41, 5.74) is 8.57. The largest absolute Gasteiger partial charge is 0.383 e. The maximum Gasteiger partial charge on any atom is 0.131 e. The molecular formula is C14H10ClN3. The van der Waals surface area contributed by atoms with Gasteiger partial charge in [0, 0.05) is 28.9 Å². The highest BCUT2D eigenvalue weighted by Gasteiger charge is 2.09. The predicted octanol–water partition coefficient (Wildman–Crippen LogP) is 3.53. The fraction of sp³-hybridized carbons (Fsp3) is 0. The second kappa shape index (κ2) is 4.27. The van der Waals surface area contributed by atoms with Gasteiger partial charge in [-0.1, -0.05) is 35.9 Å². The Labute approximate surface area is 109 Å². The molecule has 2 heterocycles. The summed E-state index contributed by atoms with van der Waals surface area (Å²) in [5, 5.41) is 1.63. The standard InChI is InChI=1S/C14H10ClN3/c15-10-7-12(14(16)18-8-10)11-5-1-3-9-4-2-6-17-13(9)11/h1-8H,(H2,16,18). The van der Waals surface area contributed by atoms with Crippen LogP contribution in [0.3, 0.4) is 0 Å². The highest BCUT2D eigenvalue weighted by Crippen LogP contribution is 2.31. The summed E-state index contributed by atoms with van der Waals surface area (Å²) in [6.07, 6.45) is 3.30. The number of para-hydroxylation sites is 1. The van der Waals surface area contributed by atoms with Crippen LogP contribution < -0.4 is 5.73 Å². The molecule has 0 fully saturated rings. The summed E-state index contributed by atoms with van der Waals surface area (Å²) in [7, 11) is 0. The van der Waals surface area contributed by atoms with Crippen LogP contribution in [-0.4, -0.2) is 9.97 Å². The zero-order chi connectivity index (χ0) is 12.5. The molecule has 0 saturated heterocycles. The molecule has 0 spiro atoms. The van der Waals surface area contributed by atoms with Crippen LogP contribution in [0.2, 0.25) is 5.02 Å². The van der Waals surface area contributed by atoms with Gasteiger partial charge in [-0.25, -0.2) is 4.98 Å². The fourth-order valence-corrected chi connectivity index (χ4v) is 2.15. The van der Waals surface area contributed by atoms with Crippen LogP contribution in [-0.2, 0) is 0 Å². The number of hydrogen-bond acceptors (Lipinski definition) is 3. The number of nitrogens with two attached hydrogens (primary N) is 1. The molecule has 0 radical (unpaired) electrons. The minimum Gasteiger partial charge on any atom is -0.383 e. The Bertz CT molecular complexity index is 720. The van der Waals surface area contributed by atoms with E-state index in [4.69, 9.17) is 17.3 Å². The summed E-state index contributed by atoms with van der Waals surface area (Å²) < 4.78 is 0.